The van der Waals surface area contributed by atoms with Crippen LogP contribution >= 0.6 is 12.4 Å². The van der Waals surface area contributed by atoms with E-state index in [1.54, 1.807) is 13.1 Å². The molecule has 0 fully saturated rings. The van der Waals surface area contributed by atoms with E-state index in [0.717, 1.165) is 10.9 Å². The van der Waals surface area contributed by atoms with Gasteiger partial charge in [-0.2, -0.15) is 10.4 Å². The predicted octanol–water partition coefficient (Wildman–Crippen LogP) is 2.25. The van der Waals surface area contributed by atoms with Crippen molar-refractivity contribution in [2.75, 3.05) is 7.05 Å². The number of hydrogen-bond acceptors (Lipinski definition) is 6. The molecule has 0 atom stereocenters. The molecule has 0 radical (unpaired) electrons. The van der Waals surface area contributed by atoms with E-state index < -0.39 is 15.7 Å². The number of rotatable bonds is 5. The summed E-state index contributed by atoms with van der Waals surface area (Å²) >= 11 is 0. The summed E-state index contributed by atoms with van der Waals surface area (Å²) < 4.78 is 41.3. The van der Waals surface area contributed by atoms with Crippen molar-refractivity contribution in [1.29, 1.82) is 5.26 Å². The number of aromatic nitrogens is 3. The van der Waals surface area contributed by atoms with E-state index in [9.17, 15) is 12.8 Å². The van der Waals surface area contributed by atoms with Gasteiger partial charge in [-0.1, -0.05) is 12.1 Å². The lowest BCUT2D eigenvalue weighted by Gasteiger charge is -2.09. The van der Waals surface area contributed by atoms with Crippen LogP contribution in [0.1, 0.15) is 11.4 Å². The van der Waals surface area contributed by atoms with Crippen molar-refractivity contribution in [2.24, 2.45) is 0 Å². The van der Waals surface area contributed by atoms with E-state index in [-0.39, 0.29) is 33.7 Å². The van der Waals surface area contributed by atoms with E-state index >= 15 is 0 Å². The minimum Gasteiger partial charge on any atom is -0.314 e. The standard InChI is InChI=1S/C17H14FN5O2S.ClH/c1-20-10-13-8-17(23(22-13)16-5-3-2-4-15(16)18)26(24,25)14-7-6-12(9-19)21-11-14;/h2-8,11,20H,10H2,1H3;1H. The summed E-state index contributed by atoms with van der Waals surface area (Å²) in [5.41, 5.74) is 0.563. The van der Waals surface area contributed by atoms with Gasteiger partial charge in [0.15, 0.2) is 5.03 Å². The van der Waals surface area contributed by atoms with Crippen molar-refractivity contribution < 1.29 is 12.8 Å². The van der Waals surface area contributed by atoms with Crippen LogP contribution in [-0.4, -0.2) is 30.2 Å². The van der Waals surface area contributed by atoms with E-state index in [1.807, 2.05) is 6.07 Å². The zero-order chi connectivity index (χ0) is 18.7. The van der Waals surface area contributed by atoms with Gasteiger partial charge >= 0.3 is 0 Å². The molecule has 0 spiro atoms. The third-order valence-corrected chi connectivity index (χ3v) is 5.31. The average Bonchev–Trinajstić information content (AvgIpc) is 3.07. The van der Waals surface area contributed by atoms with Gasteiger partial charge in [0, 0.05) is 18.8 Å². The number of nitrogens with one attached hydrogen (secondary N) is 1. The average molecular weight is 408 g/mol. The van der Waals surface area contributed by atoms with Gasteiger partial charge in [-0.25, -0.2) is 22.5 Å². The number of para-hydroxylation sites is 1. The Bertz CT molecular complexity index is 1090. The highest BCUT2D eigenvalue weighted by Gasteiger charge is 2.26. The SMILES string of the molecule is CNCc1cc(S(=O)(=O)c2ccc(C#N)nc2)n(-c2ccccc2F)n1.Cl. The number of nitriles is 1. The second kappa shape index (κ2) is 8.26. The second-order valence-electron chi connectivity index (χ2n) is 5.36. The molecule has 1 N–H and O–H groups in total. The zero-order valence-corrected chi connectivity index (χ0v) is 15.8. The number of halogens is 2. The van der Waals surface area contributed by atoms with Crippen molar-refractivity contribution in [3.05, 3.63) is 65.9 Å². The Morgan fingerprint density at radius 1 is 1.26 bits per heavy atom. The Balaban J connectivity index is 0.00000261. The Morgan fingerprint density at radius 2 is 2.00 bits per heavy atom. The Morgan fingerprint density at radius 3 is 2.59 bits per heavy atom. The molecular weight excluding hydrogens is 393 g/mol. The number of pyridine rings is 1. The molecular formula is C17H15ClFN5O2S. The number of nitrogens with zero attached hydrogens (tertiary/aromatic N) is 4. The number of hydrogen-bond donors (Lipinski definition) is 1. The first-order valence-corrected chi connectivity index (χ1v) is 9.05. The highest BCUT2D eigenvalue weighted by molar-refractivity contribution is 7.91. The zero-order valence-electron chi connectivity index (χ0n) is 14.1. The van der Waals surface area contributed by atoms with Crippen LogP contribution in [-0.2, 0) is 16.4 Å². The van der Waals surface area contributed by atoms with Gasteiger partial charge in [0.05, 0.1) is 10.6 Å². The van der Waals surface area contributed by atoms with Gasteiger partial charge in [-0.05, 0) is 31.3 Å². The third-order valence-electron chi connectivity index (χ3n) is 3.60. The van der Waals surface area contributed by atoms with Crippen molar-refractivity contribution in [3.63, 3.8) is 0 Å². The molecule has 0 bridgehead atoms. The fourth-order valence-corrected chi connectivity index (χ4v) is 3.73. The van der Waals surface area contributed by atoms with Gasteiger partial charge < -0.3 is 5.32 Å². The highest BCUT2D eigenvalue weighted by Crippen LogP contribution is 2.25. The molecule has 3 rings (SSSR count). The molecule has 0 aliphatic carbocycles. The molecule has 2 aromatic heterocycles. The molecule has 0 aliphatic heterocycles. The van der Waals surface area contributed by atoms with E-state index in [4.69, 9.17) is 5.26 Å². The monoisotopic (exact) mass is 407 g/mol. The lowest BCUT2D eigenvalue weighted by molar-refractivity contribution is 0.575. The van der Waals surface area contributed by atoms with E-state index in [1.165, 1.54) is 36.4 Å². The van der Waals surface area contributed by atoms with Gasteiger partial charge in [0.25, 0.3) is 0 Å². The smallest absolute Gasteiger partial charge is 0.225 e. The number of sulfone groups is 1. The molecule has 0 unspecified atom stereocenters. The largest absolute Gasteiger partial charge is 0.314 e. The molecule has 2 heterocycles. The van der Waals surface area contributed by atoms with Crippen LogP contribution in [0, 0.1) is 17.1 Å². The normalized spacial score (nSPS) is 10.9. The minimum atomic E-state index is -4.02. The van der Waals surface area contributed by atoms with Crippen molar-refractivity contribution >= 4 is 22.2 Å². The molecule has 1 aromatic carbocycles. The first kappa shape index (κ1) is 20.5. The maximum atomic E-state index is 14.2. The van der Waals surface area contributed by atoms with Crippen molar-refractivity contribution in [1.82, 2.24) is 20.1 Å². The van der Waals surface area contributed by atoms with Gasteiger partial charge in [-0.3, -0.25) is 0 Å². The predicted molar refractivity (Wildman–Crippen MR) is 97.9 cm³/mol. The summed E-state index contributed by atoms with van der Waals surface area (Å²) in [6.07, 6.45) is 1.10. The molecule has 0 aliphatic rings. The molecule has 140 valence electrons. The van der Waals surface area contributed by atoms with Crippen LogP contribution < -0.4 is 5.32 Å². The molecule has 7 nitrogen and oxygen atoms in total. The number of benzene rings is 1. The third kappa shape index (κ3) is 3.98. The van der Waals surface area contributed by atoms with Gasteiger partial charge in [0.1, 0.15) is 23.3 Å². The van der Waals surface area contributed by atoms with Crippen LogP contribution in [0.15, 0.2) is 58.6 Å². The topological polar surface area (TPSA) is 101 Å². The Hall–Kier alpha value is -2.80. The second-order valence-corrected chi connectivity index (χ2v) is 7.26. The Kier molecular flexibility index (Phi) is 6.28. The van der Waals surface area contributed by atoms with E-state index in [2.05, 4.69) is 15.4 Å². The first-order chi connectivity index (χ1) is 12.5. The van der Waals surface area contributed by atoms with Crippen LogP contribution in [0.5, 0.6) is 0 Å². The van der Waals surface area contributed by atoms with Crippen LogP contribution in [0.2, 0.25) is 0 Å². The lowest BCUT2D eigenvalue weighted by atomic mass is 10.3. The maximum absolute atomic E-state index is 14.2. The van der Waals surface area contributed by atoms with Gasteiger partial charge in [-0.15, -0.1) is 12.4 Å². The summed E-state index contributed by atoms with van der Waals surface area (Å²) in [7, 11) is -2.33. The minimum absolute atomic E-state index is 0. The molecule has 3 aromatic rings. The fraction of sp³-hybridized carbons (Fsp3) is 0.118. The van der Waals surface area contributed by atoms with Crippen molar-refractivity contribution in [3.8, 4) is 11.8 Å². The van der Waals surface area contributed by atoms with E-state index in [0.29, 0.717) is 12.2 Å². The van der Waals surface area contributed by atoms with Crippen LogP contribution in [0.3, 0.4) is 0 Å². The highest BCUT2D eigenvalue weighted by atomic mass is 35.5. The molecule has 10 heteroatoms. The quantitative estimate of drug-likeness (QED) is 0.696. The summed E-state index contributed by atoms with van der Waals surface area (Å²) in [5, 5.41) is 15.7. The maximum Gasteiger partial charge on any atom is 0.225 e. The first-order valence-electron chi connectivity index (χ1n) is 7.57. The summed E-state index contributed by atoms with van der Waals surface area (Å²) in [6, 6.07) is 11.6. The van der Waals surface area contributed by atoms with Crippen LogP contribution in [0.4, 0.5) is 4.39 Å². The summed E-state index contributed by atoms with van der Waals surface area (Å²) in [4.78, 5) is 3.69. The lowest BCUT2D eigenvalue weighted by Crippen LogP contribution is -2.11. The molecule has 0 saturated carbocycles. The molecule has 0 amide bonds. The van der Waals surface area contributed by atoms with Crippen LogP contribution in [0.25, 0.3) is 5.69 Å². The van der Waals surface area contributed by atoms with Crippen molar-refractivity contribution in [2.45, 2.75) is 16.5 Å². The van der Waals surface area contributed by atoms with Gasteiger partial charge in [0.2, 0.25) is 9.84 Å². The Labute approximate surface area is 161 Å². The summed E-state index contributed by atoms with van der Waals surface area (Å²) in [5.74, 6) is -0.596. The fourth-order valence-electron chi connectivity index (χ4n) is 2.39. The molecule has 27 heavy (non-hydrogen) atoms. The molecule has 0 saturated heterocycles. The summed E-state index contributed by atoms with van der Waals surface area (Å²) in [6.45, 7) is 0.315.